The van der Waals surface area contributed by atoms with Gasteiger partial charge in [0.15, 0.2) is 11.6 Å². The van der Waals surface area contributed by atoms with Gasteiger partial charge in [0.05, 0.1) is 0 Å². The van der Waals surface area contributed by atoms with Crippen LogP contribution in [0.15, 0.2) is 24.3 Å². The minimum Gasteiger partial charge on any atom is -0.204 e. The van der Waals surface area contributed by atoms with Gasteiger partial charge < -0.3 is 0 Å². The van der Waals surface area contributed by atoms with Crippen molar-refractivity contribution in [3.05, 3.63) is 41.5 Å². The Bertz CT molecular complexity index is 308. The lowest BCUT2D eigenvalue weighted by Crippen LogP contribution is -1.86. The van der Waals surface area contributed by atoms with Gasteiger partial charge in [0.25, 0.3) is 0 Å². The van der Waals surface area contributed by atoms with Gasteiger partial charge >= 0.3 is 0 Å². The van der Waals surface area contributed by atoms with Gasteiger partial charge in [-0.1, -0.05) is 24.3 Å². The summed E-state index contributed by atoms with van der Waals surface area (Å²) < 4.78 is 25.6. The second-order valence-electron chi connectivity index (χ2n) is 2.56. The minimum absolute atomic E-state index is 0.279. The van der Waals surface area contributed by atoms with Crippen LogP contribution in [0.25, 0.3) is 6.08 Å². The van der Waals surface area contributed by atoms with E-state index < -0.39 is 11.6 Å². The van der Waals surface area contributed by atoms with Gasteiger partial charge in [0, 0.05) is 5.56 Å². The van der Waals surface area contributed by atoms with Crippen LogP contribution in [0.1, 0.15) is 12.0 Å². The Morgan fingerprint density at radius 2 is 2.08 bits per heavy atom. The highest BCUT2D eigenvalue weighted by Crippen LogP contribution is 2.12. The second kappa shape index (κ2) is 5.02. The third kappa shape index (κ3) is 2.84. The number of halogens is 2. The molecule has 3 heteroatoms. The summed E-state index contributed by atoms with van der Waals surface area (Å²) in [5.74, 6) is -0.904. The molecule has 0 aliphatic rings. The van der Waals surface area contributed by atoms with Crippen molar-refractivity contribution in [2.75, 3.05) is 5.75 Å². The maximum Gasteiger partial charge on any atom is 0.166 e. The van der Waals surface area contributed by atoms with Crippen LogP contribution in [0.4, 0.5) is 8.78 Å². The third-order valence-electron chi connectivity index (χ3n) is 1.57. The number of hydrogen-bond acceptors (Lipinski definition) is 1. The molecule has 0 aliphatic carbocycles. The number of allylic oxidation sites excluding steroid dienone is 1. The molecule has 0 nitrogen and oxygen atoms in total. The van der Waals surface area contributed by atoms with Crippen LogP contribution in [0.5, 0.6) is 0 Å². The summed E-state index contributed by atoms with van der Waals surface area (Å²) in [6.07, 6.45) is 4.08. The molecule has 0 amide bonds. The van der Waals surface area contributed by atoms with Crippen LogP contribution in [0.2, 0.25) is 0 Å². The molecular formula is C10H10F2S. The standard InChI is InChI=1S/C10H10F2S/c11-9-6-3-5-8(10(9)12)4-1-2-7-13/h1,3-6,13H,2,7H2. The van der Waals surface area contributed by atoms with E-state index in [4.69, 9.17) is 0 Å². The van der Waals surface area contributed by atoms with Crippen molar-refractivity contribution < 1.29 is 8.78 Å². The monoisotopic (exact) mass is 200 g/mol. The van der Waals surface area contributed by atoms with Gasteiger partial charge in [0.1, 0.15) is 0 Å². The number of rotatable bonds is 3. The zero-order valence-corrected chi connectivity index (χ0v) is 7.90. The first-order valence-electron chi connectivity index (χ1n) is 3.97. The molecule has 0 radical (unpaired) electrons. The number of benzene rings is 1. The molecule has 0 saturated carbocycles. The summed E-state index contributed by atoms with van der Waals surface area (Å²) in [7, 11) is 0. The van der Waals surface area contributed by atoms with E-state index in [1.54, 1.807) is 12.2 Å². The van der Waals surface area contributed by atoms with Gasteiger partial charge in [0.2, 0.25) is 0 Å². The summed E-state index contributed by atoms with van der Waals surface area (Å²) >= 11 is 3.99. The van der Waals surface area contributed by atoms with Crippen molar-refractivity contribution in [3.8, 4) is 0 Å². The summed E-state index contributed by atoms with van der Waals surface area (Å²) in [5, 5.41) is 0. The molecule has 0 saturated heterocycles. The first kappa shape index (κ1) is 10.3. The maximum absolute atomic E-state index is 13.0. The maximum atomic E-state index is 13.0. The molecule has 0 aromatic heterocycles. The van der Waals surface area contributed by atoms with Crippen LogP contribution in [-0.2, 0) is 0 Å². The van der Waals surface area contributed by atoms with E-state index in [0.717, 1.165) is 12.5 Å². The molecular weight excluding hydrogens is 190 g/mol. The first-order chi connectivity index (χ1) is 6.25. The van der Waals surface area contributed by atoms with Gasteiger partial charge in [-0.2, -0.15) is 12.6 Å². The van der Waals surface area contributed by atoms with Crippen molar-refractivity contribution in [3.63, 3.8) is 0 Å². The first-order valence-corrected chi connectivity index (χ1v) is 4.60. The molecule has 0 fully saturated rings. The Hall–Kier alpha value is -0.830. The molecule has 70 valence electrons. The quantitative estimate of drug-likeness (QED) is 0.711. The van der Waals surface area contributed by atoms with Crippen LogP contribution < -0.4 is 0 Å². The lowest BCUT2D eigenvalue weighted by Gasteiger charge is -1.96. The van der Waals surface area contributed by atoms with E-state index in [9.17, 15) is 8.78 Å². The predicted octanol–water partition coefficient (Wildman–Crippen LogP) is 3.30. The number of thiol groups is 1. The van der Waals surface area contributed by atoms with Crippen LogP contribution in [0, 0.1) is 11.6 Å². The summed E-state index contributed by atoms with van der Waals surface area (Å²) in [5.41, 5.74) is 0.279. The molecule has 0 bridgehead atoms. The smallest absolute Gasteiger partial charge is 0.166 e. The van der Waals surface area contributed by atoms with Crippen molar-refractivity contribution in [2.45, 2.75) is 6.42 Å². The normalized spacial score (nSPS) is 11.0. The van der Waals surface area contributed by atoms with Crippen molar-refractivity contribution in [2.24, 2.45) is 0 Å². The van der Waals surface area contributed by atoms with E-state index in [1.165, 1.54) is 12.1 Å². The summed E-state index contributed by atoms with van der Waals surface area (Å²) in [6, 6.07) is 4.12. The SMILES string of the molecule is Fc1cccc(C=CCCS)c1F. The molecule has 0 spiro atoms. The zero-order valence-electron chi connectivity index (χ0n) is 7.00. The highest BCUT2D eigenvalue weighted by Gasteiger charge is 2.03. The van der Waals surface area contributed by atoms with E-state index in [1.807, 2.05) is 0 Å². The molecule has 1 rings (SSSR count). The van der Waals surface area contributed by atoms with Gasteiger partial charge in [-0.05, 0) is 18.2 Å². The zero-order chi connectivity index (χ0) is 9.68. The molecule has 0 N–H and O–H groups in total. The molecule has 0 heterocycles. The highest BCUT2D eigenvalue weighted by molar-refractivity contribution is 7.80. The minimum atomic E-state index is -0.812. The Morgan fingerprint density at radius 3 is 2.77 bits per heavy atom. The topological polar surface area (TPSA) is 0 Å². The van der Waals surface area contributed by atoms with Gasteiger partial charge in [-0.25, -0.2) is 8.78 Å². The summed E-state index contributed by atoms with van der Waals surface area (Å²) in [4.78, 5) is 0. The highest BCUT2D eigenvalue weighted by atomic mass is 32.1. The average molecular weight is 200 g/mol. The molecule has 13 heavy (non-hydrogen) atoms. The Labute approximate surface area is 81.7 Å². The van der Waals surface area contributed by atoms with Crippen molar-refractivity contribution in [1.82, 2.24) is 0 Å². The molecule has 0 unspecified atom stereocenters. The van der Waals surface area contributed by atoms with Crippen LogP contribution in [-0.4, -0.2) is 5.75 Å². The molecule has 1 aromatic rings. The molecule has 1 aromatic carbocycles. The summed E-state index contributed by atoms with van der Waals surface area (Å²) in [6.45, 7) is 0. The molecule has 0 aliphatic heterocycles. The molecule has 0 atom stereocenters. The second-order valence-corrected chi connectivity index (χ2v) is 3.00. The predicted molar refractivity (Wildman–Crippen MR) is 53.9 cm³/mol. The Morgan fingerprint density at radius 1 is 1.31 bits per heavy atom. The van der Waals surface area contributed by atoms with E-state index in [-0.39, 0.29) is 5.56 Å². The lowest BCUT2D eigenvalue weighted by molar-refractivity contribution is 0.507. The van der Waals surface area contributed by atoms with E-state index in [0.29, 0.717) is 5.75 Å². The lowest BCUT2D eigenvalue weighted by atomic mass is 10.2. The van der Waals surface area contributed by atoms with Gasteiger partial charge in [-0.15, -0.1) is 0 Å². The fourth-order valence-electron chi connectivity index (χ4n) is 0.934. The fraction of sp³-hybridized carbons (Fsp3) is 0.200. The van der Waals surface area contributed by atoms with Crippen LogP contribution >= 0.6 is 12.6 Å². The van der Waals surface area contributed by atoms with E-state index in [2.05, 4.69) is 12.6 Å². The van der Waals surface area contributed by atoms with Gasteiger partial charge in [-0.3, -0.25) is 0 Å². The van der Waals surface area contributed by atoms with Crippen molar-refractivity contribution in [1.29, 1.82) is 0 Å². The van der Waals surface area contributed by atoms with Crippen LogP contribution in [0.3, 0.4) is 0 Å². The third-order valence-corrected chi connectivity index (χ3v) is 1.83. The van der Waals surface area contributed by atoms with Crippen molar-refractivity contribution >= 4 is 18.7 Å². The fourth-order valence-corrected chi connectivity index (χ4v) is 1.08. The van der Waals surface area contributed by atoms with E-state index >= 15 is 0 Å². The average Bonchev–Trinajstić information content (AvgIpc) is 2.13. The number of hydrogen-bond donors (Lipinski definition) is 1. The Balaban J connectivity index is 2.83. The largest absolute Gasteiger partial charge is 0.204 e. The Kier molecular flexibility index (Phi) is 3.96.